The molecule has 1 heterocycles. The first kappa shape index (κ1) is 19.7. The number of hydrogen-bond acceptors (Lipinski definition) is 3. The molecular weight excluding hydrogens is 364 g/mol. The van der Waals surface area contributed by atoms with Crippen LogP contribution < -0.4 is 10.9 Å². The fraction of sp³-hybridized carbons (Fsp3) is 0.286. The van der Waals surface area contributed by atoms with Crippen molar-refractivity contribution in [3.05, 3.63) is 74.7 Å². The zero-order chi connectivity index (χ0) is 20.4. The Morgan fingerprint density at radius 3 is 2.39 bits per heavy atom. The lowest BCUT2D eigenvalue weighted by Crippen LogP contribution is -2.33. The second-order valence-electron chi connectivity index (χ2n) is 6.91. The number of hydrogen-bond donors (Lipinski definition) is 1. The van der Waals surface area contributed by atoms with Crippen LogP contribution in [-0.4, -0.2) is 22.0 Å². The molecule has 3 aromatic rings. The van der Waals surface area contributed by atoms with Crippen molar-refractivity contribution >= 4 is 16.9 Å². The number of benzene rings is 2. The van der Waals surface area contributed by atoms with E-state index in [0.717, 1.165) is 22.9 Å². The summed E-state index contributed by atoms with van der Waals surface area (Å²) in [6.45, 7) is 6.22. The van der Waals surface area contributed by atoms with E-state index < -0.39 is 17.2 Å². The van der Waals surface area contributed by atoms with Crippen molar-refractivity contribution in [3.63, 3.8) is 0 Å². The van der Waals surface area contributed by atoms with Crippen molar-refractivity contribution < 1.29 is 13.6 Å². The molecule has 0 atom stereocenters. The molecule has 0 bridgehead atoms. The van der Waals surface area contributed by atoms with Gasteiger partial charge < -0.3 is 5.32 Å². The summed E-state index contributed by atoms with van der Waals surface area (Å²) in [6, 6.07) is 5.98. The van der Waals surface area contributed by atoms with Crippen molar-refractivity contribution in [2.75, 3.05) is 6.54 Å². The fourth-order valence-corrected chi connectivity index (χ4v) is 3.45. The first-order chi connectivity index (χ1) is 13.3. The molecule has 0 saturated heterocycles. The van der Waals surface area contributed by atoms with Crippen molar-refractivity contribution in [1.29, 1.82) is 0 Å². The van der Waals surface area contributed by atoms with Crippen LogP contribution in [-0.2, 0) is 17.8 Å². The van der Waals surface area contributed by atoms with Gasteiger partial charge in [-0.2, -0.15) is 0 Å². The lowest BCUT2D eigenvalue weighted by molar-refractivity contribution is -0.121. The third-order valence-electron chi connectivity index (χ3n) is 4.73. The number of carbonyl (C=O) groups is 1. The van der Waals surface area contributed by atoms with Crippen LogP contribution in [0.1, 0.15) is 22.3 Å². The van der Waals surface area contributed by atoms with Crippen LogP contribution >= 0.6 is 0 Å². The van der Waals surface area contributed by atoms with Crippen LogP contribution in [0.3, 0.4) is 0 Å². The summed E-state index contributed by atoms with van der Waals surface area (Å²) in [6.07, 6.45) is 1.65. The Morgan fingerprint density at radius 1 is 1.07 bits per heavy atom. The monoisotopic (exact) mass is 385 g/mol. The largest absolute Gasteiger partial charge is 0.354 e. The molecule has 0 aliphatic heterocycles. The number of aryl methyl sites for hydroxylation is 3. The Kier molecular flexibility index (Phi) is 5.53. The molecule has 3 rings (SSSR count). The molecule has 0 saturated carbocycles. The first-order valence-electron chi connectivity index (χ1n) is 8.94. The van der Waals surface area contributed by atoms with E-state index >= 15 is 0 Å². The molecule has 0 fully saturated rings. The SMILES string of the molecule is Cc1cc(C)c(CCNC(=O)Cn2c(=O)cnc3cc(F)c(F)cc32)c(C)c1. The quantitative estimate of drug-likeness (QED) is 0.735. The summed E-state index contributed by atoms with van der Waals surface area (Å²) in [5.41, 5.74) is 4.33. The Morgan fingerprint density at radius 2 is 1.71 bits per heavy atom. The molecule has 28 heavy (non-hydrogen) atoms. The molecule has 5 nitrogen and oxygen atoms in total. The molecule has 0 unspecified atom stereocenters. The number of fused-ring (bicyclic) bond motifs is 1. The minimum absolute atomic E-state index is 0.0757. The number of rotatable bonds is 5. The topological polar surface area (TPSA) is 64.0 Å². The smallest absolute Gasteiger partial charge is 0.269 e. The summed E-state index contributed by atoms with van der Waals surface area (Å²) < 4.78 is 28.0. The molecule has 1 amide bonds. The third-order valence-corrected chi connectivity index (χ3v) is 4.73. The Labute approximate surface area is 161 Å². The van der Waals surface area contributed by atoms with Crippen molar-refractivity contribution in [2.45, 2.75) is 33.7 Å². The van der Waals surface area contributed by atoms with Crippen LogP contribution in [0.2, 0.25) is 0 Å². The van der Waals surface area contributed by atoms with Gasteiger partial charge in [0.2, 0.25) is 5.91 Å². The second-order valence-corrected chi connectivity index (χ2v) is 6.91. The van der Waals surface area contributed by atoms with Gasteiger partial charge in [-0.25, -0.2) is 13.8 Å². The number of carbonyl (C=O) groups excluding carboxylic acids is 1. The van der Waals surface area contributed by atoms with Gasteiger partial charge in [-0.15, -0.1) is 0 Å². The summed E-state index contributed by atoms with van der Waals surface area (Å²) in [5, 5.41) is 2.78. The highest BCUT2D eigenvalue weighted by Crippen LogP contribution is 2.17. The van der Waals surface area contributed by atoms with Crippen LogP contribution in [0.25, 0.3) is 11.0 Å². The Balaban J connectivity index is 1.73. The zero-order valence-electron chi connectivity index (χ0n) is 16.0. The molecule has 1 aromatic heterocycles. The summed E-state index contributed by atoms with van der Waals surface area (Å²) in [7, 11) is 0. The van der Waals surface area contributed by atoms with Gasteiger partial charge in [0.1, 0.15) is 6.54 Å². The summed E-state index contributed by atoms with van der Waals surface area (Å²) in [4.78, 5) is 28.2. The fourth-order valence-electron chi connectivity index (χ4n) is 3.45. The van der Waals surface area contributed by atoms with Crippen LogP contribution in [0, 0.1) is 32.4 Å². The number of aromatic nitrogens is 2. The molecule has 1 N–H and O–H groups in total. The van der Waals surface area contributed by atoms with Gasteiger partial charge in [-0.3, -0.25) is 14.2 Å². The maximum Gasteiger partial charge on any atom is 0.269 e. The standard InChI is InChI=1S/C21H21F2N3O2/c1-12-6-13(2)15(14(3)7-12)4-5-24-20(27)11-26-19-9-17(23)16(22)8-18(19)25-10-21(26)28/h6-10H,4-5,11H2,1-3H3,(H,24,27). The van der Waals surface area contributed by atoms with Crippen LogP contribution in [0.5, 0.6) is 0 Å². The molecule has 0 spiro atoms. The number of nitrogens with zero attached hydrogens (tertiary/aromatic N) is 2. The van der Waals surface area contributed by atoms with Gasteiger partial charge in [0, 0.05) is 18.7 Å². The highest BCUT2D eigenvalue weighted by Gasteiger charge is 2.13. The highest BCUT2D eigenvalue weighted by molar-refractivity contribution is 5.80. The van der Waals surface area contributed by atoms with Crippen molar-refractivity contribution in [2.24, 2.45) is 0 Å². The molecule has 0 aliphatic rings. The maximum atomic E-state index is 13.6. The van der Waals surface area contributed by atoms with Crippen molar-refractivity contribution in [3.8, 4) is 0 Å². The molecular formula is C21H21F2N3O2. The minimum Gasteiger partial charge on any atom is -0.354 e. The van der Waals surface area contributed by atoms with E-state index in [9.17, 15) is 18.4 Å². The number of halogens is 2. The molecule has 2 aromatic carbocycles. The molecule has 7 heteroatoms. The van der Waals surface area contributed by atoms with E-state index in [1.54, 1.807) is 0 Å². The normalized spacial score (nSPS) is 11.0. The minimum atomic E-state index is -1.10. The van der Waals surface area contributed by atoms with Gasteiger partial charge in [0.15, 0.2) is 11.6 Å². The van der Waals surface area contributed by atoms with E-state index in [1.807, 2.05) is 20.8 Å². The van der Waals surface area contributed by atoms with Gasteiger partial charge in [-0.05, 0) is 43.9 Å². The van der Waals surface area contributed by atoms with E-state index in [2.05, 4.69) is 22.4 Å². The average molecular weight is 385 g/mol. The maximum absolute atomic E-state index is 13.6. The summed E-state index contributed by atoms with van der Waals surface area (Å²) in [5.74, 6) is -2.54. The predicted molar refractivity (Wildman–Crippen MR) is 103 cm³/mol. The Hall–Kier alpha value is -3.09. The lowest BCUT2D eigenvalue weighted by atomic mass is 9.97. The van der Waals surface area contributed by atoms with Gasteiger partial charge in [0.25, 0.3) is 5.56 Å². The number of amides is 1. The molecule has 0 aliphatic carbocycles. The molecule has 146 valence electrons. The van der Waals surface area contributed by atoms with E-state index in [-0.39, 0.29) is 23.5 Å². The van der Waals surface area contributed by atoms with Crippen LogP contribution in [0.4, 0.5) is 8.78 Å². The summed E-state index contributed by atoms with van der Waals surface area (Å²) >= 11 is 0. The van der Waals surface area contributed by atoms with E-state index in [4.69, 9.17) is 0 Å². The average Bonchev–Trinajstić information content (AvgIpc) is 2.61. The van der Waals surface area contributed by atoms with E-state index in [1.165, 1.54) is 22.3 Å². The van der Waals surface area contributed by atoms with Gasteiger partial charge in [0.05, 0.1) is 17.2 Å². The van der Waals surface area contributed by atoms with E-state index in [0.29, 0.717) is 13.0 Å². The zero-order valence-corrected chi connectivity index (χ0v) is 16.0. The Bertz CT molecular complexity index is 1100. The lowest BCUT2D eigenvalue weighted by Gasteiger charge is -2.13. The van der Waals surface area contributed by atoms with Gasteiger partial charge >= 0.3 is 0 Å². The van der Waals surface area contributed by atoms with Gasteiger partial charge in [-0.1, -0.05) is 17.7 Å². The highest BCUT2D eigenvalue weighted by atomic mass is 19.2. The first-order valence-corrected chi connectivity index (χ1v) is 8.94. The predicted octanol–water partition coefficient (Wildman–Crippen LogP) is 2.96. The number of nitrogens with one attached hydrogen (secondary N) is 1. The third kappa shape index (κ3) is 4.08. The second kappa shape index (κ2) is 7.88. The van der Waals surface area contributed by atoms with Crippen LogP contribution in [0.15, 0.2) is 35.3 Å². The van der Waals surface area contributed by atoms with Crippen molar-refractivity contribution in [1.82, 2.24) is 14.9 Å². The molecule has 0 radical (unpaired) electrons.